The van der Waals surface area contributed by atoms with Gasteiger partial charge in [-0.1, -0.05) is 30.0 Å². The Bertz CT molecular complexity index is 1080. The van der Waals surface area contributed by atoms with Gasteiger partial charge in [-0.05, 0) is 42.8 Å². The zero-order chi connectivity index (χ0) is 19.4. The van der Waals surface area contributed by atoms with Crippen molar-refractivity contribution in [2.24, 2.45) is 0 Å². The van der Waals surface area contributed by atoms with Crippen LogP contribution in [-0.2, 0) is 0 Å². The molecule has 0 fully saturated rings. The minimum atomic E-state index is -0.376. The molecule has 27 heavy (non-hydrogen) atoms. The number of benzene rings is 2. The number of nitrogens with zero attached hydrogens (tertiary/aromatic N) is 1. The Balaban J connectivity index is 2.09. The number of rotatable bonds is 5. The van der Waals surface area contributed by atoms with Gasteiger partial charge in [0.05, 0.1) is 14.2 Å². The third-order valence-corrected chi connectivity index (χ3v) is 5.11. The van der Waals surface area contributed by atoms with Crippen LogP contribution in [0.4, 0.5) is 0 Å². The molecule has 1 heterocycles. The van der Waals surface area contributed by atoms with Gasteiger partial charge in [0, 0.05) is 21.0 Å². The number of aromatic nitrogens is 1. The van der Waals surface area contributed by atoms with Gasteiger partial charge in [-0.25, -0.2) is 0 Å². The number of aromatic amines is 1. The molecule has 0 radical (unpaired) electrons. The van der Waals surface area contributed by atoms with E-state index < -0.39 is 0 Å². The van der Waals surface area contributed by atoms with Crippen molar-refractivity contribution in [1.82, 2.24) is 4.98 Å². The highest BCUT2D eigenvalue weighted by molar-refractivity contribution is 7.99. The number of methoxy groups -OCH3 is 2. The molecule has 0 saturated carbocycles. The molecule has 6 heteroatoms. The lowest BCUT2D eigenvalue weighted by molar-refractivity contribution is 0.354. The summed E-state index contributed by atoms with van der Waals surface area (Å²) in [6.45, 7) is 1.80. The molecule has 136 valence electrons. The second kappa shape index (κ2) is 8.02. The van der Waals surface area contributed by atoms with Crippen LogP contribution < -0.4 is 15.0 Å². The number of aryl methyl sites for hydroxylation is 1. The van der Waals surface area contributed by atoms with Crippen LogP contribution >= 0.6 is 11.8 Å². The van der Waals surface area contributed by atoms with E-state index in [0.717, 1.165) is 15.4 Å². The molecule has 0 atom stereocenters. The van der Waals surface area contributed by atoms with Gasteiger partial charge in [-0.3, -0.25) is 4.79 Å². The number of pyridine rings is 1. The van der Waals surface area contributed by atoms with Crippen molar-refractivity contribution < 1.29 is 9.47 Å². The molecule has 3 rings (SSSR count). The fourth-order valence-electron chi connectivity index (χ4n) is 2.80. The van der Waals surface area contributed by atoms with Crippen LogP contribution in [0.1, 0.15) is 11.3 Å². The molecule has 0 saturated heterocycles. The zero-order valence-electron chi connectivity index (χ0n) is 15.2. The number of nitrogens with one attached hydrogen (secondary N) is 1. The predicted octanol–water partition coefficient (Wildman–Crippen LogP) is 4.39. The van der Waals surface area contributed by atoms with Crippen molar-refractivity contribution in [2.75, 3.05) is 14.2 Å². The van der Waals surface area contributed by atoms with E-state index in [9.17, 15) is 10.1 Å². The Hall–Kier alpha value is -3.17. The van der Waals surface area contributed by atoms with E-state index in [1.165, 1.54) is 11.8 Å². The highest BCUT2D eigenvalue weighted by Crippen LogP contribution is 2.39. The second-order valence-corrected chi connectivity index (χ2v) is 6.91. The topological polar surface area (TPSA) is 75.1 Å². The molecule has 0 aliphatic carbocycles. The predicted molar refractivity (Wildman–Crippen MR) is 106 cm³/mol. The molecule has 1 N–H and O–H groups in total. The standard InChI is InChI=1S/C21H18N2O3S/c1-13-10-16(17(12-22)21(24)23-13)15-6-4-5-7-20(15)27-14-8-9-18(25-2)19(11-14)26-3/h4-11H,1-3H3,(H,23,24). The maximum Gasteiger partial charge on any atom is 0.266 e. The van der Waals surface area contributed by atoms with Crippen LogP contribution in [0.15, 0.2) is 63.1 Å². The molecule has 1 aromatic heterocycles. The summed E-state index contributed by atoms with van der Waals surface area (Å²) in [5.74, 6) is 1.30. The first-order chi connectivity index (χ1) is 13.1. The van der Waals surface area contributed by atoms with E-state index in [0.29, 0.717) is 22.8 Å². The minimum Gasteiger partial charge on any atom is -0.493 e. The molecule has 0 spiro atoms. The summed E-state index contributed by atoms with van der Waals surface area (Å²) < 4.78 is 10.7. The summed E-state index contributed by atoms with van der Waals surface area (Å²) in [6, 6.07) is 17.2. The van der Waals surface area contributed by atoms with Crippen LogP contribution in [0.25, 0.3) is 11.1 Å². The summed E-state index contributed by atoms with van der Waals surface area (Å²) in [5, 5.41) is 9.45. The van der Waals surface area contributed by atoms with Gasteiger partial charge in [0.2, 0.25) is 0 Å². The first-order valence-corrected chi connectivity index (χ1v) is 9.02. The maximum absolute atomic E-state index is 12.2. The van der Waals surface area contributed by atoms with Crippen molar-refractivity contribution in [3.63, 3.8) is 0 Å². The van der Waals surface area contributed by atoms with Gasteiger partial charge in [0.15, 0.2) is 11.5 Å². The van der Waals surface area contributed by atoms with E-state index in [1.807, 2.05) is 54.6 Å². The Kier molecular flexibility index (Phi) is 5.53. The third kappa shape index (κ3) is 3.83. The normalized spacial score (nSPS) is 10.3. The minimum absolute atomic E-state index is 0.112. The molecule has 0 aliphatic rings. The summed E-state index contributed by atoms with van der Waals surface area (Å²) in [7, 11) is 3.19. The average molecular weight is 378 g/mol. The van der Waals surface area contributed by atoms with Gasteiger partial charge in [-0.15, -0.1) is 0 Å². The van der Waals surface area contributed by atoms with Crippen molar-refractivity contribution >= 4 is 11.8 Å². The Morgan fingerprint density at radius 3 is 2.44 bits per heavy atom. The van der Waals surface area contributed by atoms with Crippen molar-refractivity contribution in [3.8, 4) is 28.7 Å². The van der Waals surface area contributed by atoms with Crippen molar-refractivity contribution in [2.45, 2.75) is 16.7 Å². The molecule has 5 nitrogen and oxygen atoms in total. The summed E-state index contributed by atoms with van der Waals surface area (Å²) in [4.78, 5) is 16.7. The van der Waals surface area contributed by atoms with Gasteiger partial charge in [0.25, 0.3) is 5.56 Å². The first-order valence-electron chi connectivity index (χ1n) is 8.20. The van der Waals surface area contributed by atoms with Crippen LogP contribution in [0.2, 0.25) is 0 Å². The maximum atomic E-state index is 12.2. The molecule has 0 bridgehead atoms. The quantitative estimate of drug-likeness (QED) is 0.713. The number of hydrogen-bond donors (Lipinski definition) is 1. The van der Waals surface area contributed by atoms with Gasteiger partial charge in [0.1, 0.15) is 11.6 Å². The van der Waals surface area contributed by atoms with Gasteiger partial charge >= 0.3 is 0 Å². The SMILES string of the molecule is COc1ccc(Sc2ccccc2-c2cc(C)[nH]c(=O)c2C#N)cc1OC. The summed E-state index contributed by atoms with van der Waals surface area (Å²) >= 11 is 1.53. The Morgan fingerprint density at radius 2 is 1.74 bits per heavy atom. The largest absolute Gasteiger partial charge is 0.493 e. The monoisotopic (exact) mass is 378 g/mol. The lowest BCUT2D eigenvalue weighted by atomic mass is 10.0. The smallest absolute Gasteiger partial charge is 0.266 e. The lowest BCUT2D eigenvalue weighted by Gasteiger charge is -2.13. The Labute approximate surface area is 161 Å². The van der Waals surface area contributed by atoms with Crippen LogP contribution in [0.3, 0.4) is 0 Å². The number of hydrogen-bond acceptors (Lipinski definition) is 5. The van der Waals surface area contributed by atoms with Gasteiger partial charge in [-0.2, -0.15) is 5.26 Å². The fraction of sp³-hybridized carbons (Fsp3) is 0.143. The van der Waals surface area contributed by atoms with Crippen LogP contribution in [0.5, 0.6) is 11.5 Å². The van der Waals surface area contributed by atoms with E-state index in [4.69, 9.17) is 9.47 Å². The molecule has 0 aliphatic heterocycles. The lowest BCUT2D eigenvalue weighted by Crippen LogP contribution is -2.12. The van der Waals surface area contributed by atoms with Crippen LogP contribution in [-0.4, -0.2) is 19.2 Å². The zero-order valence-corrected chi connectivity index (χ0v) is 16.0. The Morgan fingerprint density at radius 1 is 1.00 bits per heavy atom. The van der Waals surface area contributed by atoms with E-state index in [1.54, 1.807) is 21.1 Å². The first kappa shape index (κ1) is 18.6. The van der Waals surface area contributed by atoms with E-state index >= 15 is 0 Å². The van der Waals surface area contributed by atoms with Crippen molar-refractivity contribution in [1.29, 1.82) is 5.26 Å². The molecular weight excluding hydrogens is 360 g/mol. The average Bonchev–Trinajstić information content (AvgIpc) is 2.67. The second-order valence-electron chi connectivity index (χ2n) is 5.80. The van der Waals surface area contributed by atoms with Crippen LogP contribution in [0, 0.1) is 18.3 Å². The van der Waals surface area contributed by atoms with E-state index in [-0.39, 0.29) is 11.1 Å². The molecular formula is C21H18N2O3S. The molecule has 2 aromatic carbocycles. The number of ether oxygens (including phenoxy) is 2. The fourth-order valence-corrected chi connectivity index (χ4v) is 3.79. The number of nitriles is 1. The summed E-state index contributed by atoms with van der Waals surface area (Å²) in [5.41, 5.74) is 1.91. The van der Waals surface area contributed by atoms with E-state index in [2.05, 4.69) is 4.98 Å². The molecule has 0 unspecified atom stereocenters. The third-order valence-electron chi connectivity index (χ3n) is 4.04. The number of H-pyrrole nitrogens is 1. The highest BCUT2D eigenvalue weighted by Gasteiger charge is 2.15. The molecule has 3 aromatic rings. The van der Waals surface area contributed by atoms with Gasteiger partial charge < -0.3 is 14.5 Å². The summed E-state index contributed by atoms with van der Waals surface area (Å²) in [6.07, 6.45) is 0. The highest BCUT2D eigenvalue weighted by atomic mass is 32.2. The molecule has 0 amide bonds. The van der Waals surface area contributed by atoms with Crippen molar-refractivity contribution in [3.05, 3.63) is 70.1 Å².